The Morgan fingerprint density at radius 3 is 0.781 bits per heavy atom. The number of carbonyl (C=O) groups excluding carboxylic acids is 3. The highest BCUT2D eigenvalue weighted by Crippen LogP contribution is 2.16. The Labute approximate surface area is 398 Å². The van der Waals surface area contributed by atoms with Gasteiger partial charge in [-0.3, -0.25) is 14.4 Å². The van der Waals surface area contributed by atoms with Crippen LogP contribution in [0.3, 0.4) is 0 Å². The maximum atomic E-state index is 12.8. The fraction of sp³-hybridized carbons (Fsp3) is 0.879. The monoisotopic (exact) mass is 901 g/mol. The molecule has 6 nitrogen and oxygen atoms in total. The van der Waals surface area contributed by atoms with E-state index in [1.54, 1.807) is 0 Å². The van der Waals surface area contributed by atoms with Crippen molar-refractivity contribution >= 4 is 17.9 Å². The molecule has 0 saturated carbocycles. The van der Waals surface area contributed by atoms with Gasteiger partial charge in [-0.1, -0.05) is 244 Å². The summed E-state index contributed by atoms with van der Waals surface area (Å²) in [5.41, 5.74) is 0. The minimum atomic E-state index is -0.773. The molecule has 0 aromatic carbocycles. The number of carbonyl (C=O) groups is 3. The van der Waals surface area contributed by atoms with Gasteiger partial charge in [-0.15, -0.1) is 0 Å². The van der Waals surface area contributed by atoms with Crippen molar-refractivity contribution in [2.45, 2.75) is 316 Å². The predicted molar refractivity (Wildman–Crippen MR) is 275 cm³/mol. The Bertz CT molecular complexity index is 1040. The average Bonchev–Trinajstić information content (AvgIpc) is 3.29. The van der Waals surface area contributed by atoms with Crippen molar-refractivity contribution in [1.29, 1.82) is 0 Å². The Morgan fingerprint density at radius 2 is 0.516 bits per heavy atom. The third-order valence-electron chi connectivity index (χ3n) is 12.7. The molecule has 64 heavy (non-hydrogen) atoms. The molecule has 0 heterocycles. The van der Waals surface area contributed by atoms with Crippen LogP contribution in [0.25, 0.3) is 0 Å². The molecule has 0 spiro atoms. The van der Waals surface area contributed by atoms with Crippen LogP contribution in [-0.2, 0) is 28.6 Å². The summed E-state index contributed by atoms with van der Waals surface area (Å²) in [4.78, 5) is 38.0. The van der Waals surface area contributed by atoms with Gasteiger partial charge in [-0.25, -0.2) is 0 Å². The Kier molecular flexibility index (Phi) is 51.7. The van der Waals surface area contributed by atoms with E-state index in [2.05, 4.69) is 45.1 Å². The highest BCUT2D eigenvalue weighted by molar-refractivity contribution is 5.71. The second-order valence-electron chi connectivity index (χ2n) is 19.2. The molecule has 0 aromatic rings. The third-order valence-corrected chi connectivity index (χ3v) is 12.7. The van der Waals surface area contributed by atoms with Crippen LogP contribution in [0.2, 0.25) is 0 Å². The summed E-state index contributed by atoms with van der Waals surface area (Å²) >= 11 is 0. The van der Waals surface area contributed by atoms with Gasteiger partial charge in [0.2, 0.25) is 0 Å². The quantitative estimate of drug-likeness (QED) is 0.0262. The molecule has 0 aliphatic rings. The molecule has 0 aromatic heterocycles. The van der Waals surface area contributed by atoms with Crippen LogP contribution in [0, 0.1) is 0 Å². The first-order valence-corrected chi connectivity index (χ1v) is 28.3. The second-order valence-corrected chi connectivity index (χ2v) is 19.2. The van der Waals surface area contributed by atoms with Crippen LogP contribution >= 0.6 is 0 Å². The van der Waals surface area contributed by atoms with Gasteiger partial charge >= 0.3 is 17.9 Å². The normalized spacial score (nSPS) is 12.1. The molecule has 1 unspecified atom stereocenters. The Morgan fingerprint density at radius 1 is 0.297 bits per heavy atom. The zero-order chi connectivity index (χ0) is 46.5. The summed E-state index contributed by atoms with van der Waals surface area (Å²) in [5, 5.41) is 0. The fourth-order valence-electron chi connectivity index (χ4n) is 8.37. The summed E-state index contributed by atoms with van der Waals surface area (Å²) in [6, 6.07) is 0. The molecule has 0 fully saturated rings. The predicted octanol–water partition coefficient (Wildman–Crippen LogP) is 18.7. The van der Waals surface area contributed by atoms with Crippen molar-refractivity contribution in [3.05, 3.63) is 24.3 Å². The van der Waals surface area contributed by atoms with E-state index in [9.17, 15) is 14.4 Å². The Balaban J connectivity index is 4.31. The van der Waals surface area contributed by atoms with Crippen LogP contribution < -0.4 is 0 Å². The Hall–Kier alpha value is -2.11. The molecule has 0 bridgehead atoms. The zero-order valence-corrected chi connectivity index (χ0v) is 43.1. The van der Waals surface area contributed by atoms with Crippen LogP contribution in [0.4, 0.5) is 0 Å². The van der Waals surface area contributed by atoms with Crippen molar-refractivity contribution < 1.29 is 28.6 Å². The van der Waals surface area contributed by atoms with Gasteiger partial charge < -0.3 is 14.2 Å². The zero-order valence-electron chi connectivity index (χ0n) is 43.1. The minimum absolute atomic E-state index is 0.0720. The SMILES string of the molecule is CCCCCCCCC/C=C\CCCCCCCC(=O)OC(COC(=O)CCCCCCCCC/C=C\CCCCCCCCCC)COC(=O)CCCCCCCCCCCCC. The molecule has 0 radical (unpaired) electrons. The maximum absolute atomic E-state index is 12.8. The van der Waals surface area contributed by atoms with E-state index < -0.39 is 6.10 Å². The summed E-state index contributed by atoms with van der Waals surface area (Å²) in [5.74, 6) is -0.869. The van der Waals surface area contributed by atoms with Gasteiger partial charge in [-0.05, 0) is 70.6 Å². The molecule has 0 N–H and O–H groups in total. The van der Waals surface area contributed by atoms with E-state index in [1.807, 2.05) is 0 Å². The fourth-order valence-corrected chi connectivity index (χ4v) is 8.37. The number of rotatable bonds is 52. The lowest BCUT2D eigenvalue weighted by Gasteiger charge is -2.18. The third kappa shape index (κ3) is 50.9. The van der Waals surface area contributed by atoms with Crippen LogP contribution in [0.15, 0.2) is 24.3 Å². The lowest BCUT2D eigenvalue weighted by molar-refractivity contribution is -0.167. The first-order valence-electron chi connectivity index (χ1n) is 28.3. The number of hydrogen-bond acceptors (Lipinski definition) is 6. The van der Waals surface area contributed by atoms with E-state index in [-0.39, 0.29) is 31.1 Å². The summed E-state index contributed by atoms with van der Waals surface area (Å²) in [6.07, 6.45) is 61.7. The molecule has 6 heteroatoms. The highest BCUT2D eigenvalue weighted by Gasteiger charge is 2.19. The molecule has 0 saturated heterocycles. The number of allylic oxidation sites excluding steroid dienone is 4. The molecule has 0 aliphatic heterocycles. The molecule has 376 valence electrons. The molecule has 0 rings (SSSR count). The first kappa shape index (κ1) is 61.9. The summed E-state index contributed by atoms with van der Waals surface area (Å²) in [7, 11) is 0. The van der Waals surface area contributed by atoms with Crippen molar-refractivity contribution in [3.63, 3.8) is 0 Å². The summed E-state index contributed by atoms with van der Waals surface area (Å²) in [6.45, 7) is 6.66. The van der Waals surface area contributed by atoms with Crippen molar-refractivity contribution in [2.24, 2.45) is 0 Å². The van der Waals surface area contributed by atoms with Crippen LogP contribution in [0.5, 0.6) is 0 Å². The van der Waals surface area contributed by atoms with Gasteiger partial charge in [0.15, 0.2) is 6.10 Å². The molecule has 0 amide bonds. The summed E-state index contributed by atoms with van der Waals surface area (Å²) < 4.78 is 16.8. The second kappa shape index (κ2) is 53.5. The van der Waals surface area contributed by atoms with Gasteiger partial charge in [0, 0.05) is 19.3 Å². The molecular formula is C58H108O6. The number of unbranched alkanes of at least 4 members (excludes halogenated alkanes) is 37. The van der Waals surface area contributed by atoms with Crippen LogP contribution in [0.1, 0.15) is 310 Å². The van der Waals surface area contributed by atoms with E-state index >= 15 is 0 Å². The van der Waals surface area contributed by atoms with E-state index in [1.165, 1.54) is 205 Å². The van der Waals surface area contributed by atoms with Crippen molar-refractivity contribution in [1.82, 2.24) is 0 Å². The lowest BCUT2D eigenvalue weighted by atomic mass is 10.1. The molecule has 1 atom stereocenters. The minimum Gasteiger partial charge on any atom is -0.462 e. The number of ether oxygens (including phenoxy) is 3. The average molecular weight is 901 g/mol. The largest absolute Gasteiger partial charge is 0.462 e. The van der Waals surface area contributed by atoms with Crippen molar-refractivity contribution in [3.8, 4) is 0 Å². The van der Waals surface area contributed by atoms with Crippen LogP contribution in [-0.4, -0.2) is 37.2 Å². The van der Waals surface area contributed by atoms with E-state index in [0.717, 1.165) is 64.2 Å². The topological polar surface area (TPSA) is 78.9 Å². The lowest BCUT2D eigenvalue weighted by Crippen LogP contribution is -2.30. The molecule has 0 aliphatic carbocycles. The highest BCUT2D eigenvalue weighted by atomic mass is 16.6. The number of hydrogen-bond donors (Lipinski definition) is 0. The first-order chi connectivity index (χ1) is 31.5. The number of esters is 3. The van der Waals surface area contributed by atoms with E-state index in [0.29, 0.717) is 19.3 Å². The smallest absolute Gasteiger partial charge is 0.306 e. The van der Waals surface area contributed by atoms with E-state index in [4.69, 9.17) is 14.2 Å². The standard InChI is InChI=1S/C58H108O6/c1-4-7-10-13-16-19-22-24-26-28-29-30-32-33-36-39-42-45-48-51-57(60)63-54-55(53-62-56(59)50-47-44-41-38-35-21-18-15-12-9-6-3)64-58(61)52-49-46-43-40-37-34-31-27-25-23-20-17-14-11-8-5-2/h27-29,31,55H,4-26,30,32-54H2,1-3H3/b29-28-,31-27-. The van der Waals surface area contributed by atoms with Gasteiger partial charge in [0.25, 0.3) is 0 Å². The van der Waals surface area contributed by atoms with Gasteiger partial charge in [-0.2, -0.15) is 0 Å². The van der Waals surface area contributed by atoms with Gasteiger partial charge in [0.05, 0.1) is 0 Å². The van der Waals surface area contributed by atoms with Crippen molar-refractivity contribution in [2.75, 3.05) is 13.2 Å². The maximum Gasteiger partial charge on any atom is 0.306 e. The van der Waals surface area contributed by atoms with Gasteiger partial charge in [0.1, 0.15) is 13.2 Å². The molecular weight excluding hydrogens is 793 g/mol.